The molecule has 0 N–H and O–H groups in total. The molecule has 0 bridgehead atoms. The van der Waals surface area contributed by atoms with E-state index in [1.54, 1.807) is 11.3 Å². The number of rotatable bonds is 13. The predicted octanol–water partition coefficient (Wildman–Crippen LogP) is 8.75. The van der Waals surface area contributed by atoms with Crippen LogP contribution in [-0.2, 0) is 6.16 Å². The molecule has 0 saturated carbocycles. The highest BCUT2D eigenvalue weighted by Crippen LogP contribution is 2.63. The van der Waals surface area contributed by atoms with E-state index >= 15 is 0 Å². The number of hydrogen-bond acceptors (Lipinski definition) is 3. The van der Waals surface area contributed by atoms with E-state index in [0.717, 1.165) is 5.19 Å². The SMILES string of the molecule is CCCC[P+](CCCC)(CCCC)Cc1nc(O[Si](C)(C)C(C)(C)C)sc1C. The van der Waals surface area contributed by atoms with Crippen molar-refractivity contribution in [2.24, 2.45) is 0 Å². The molecule has 1 aromatic rings. The minimum Gasteiger partial charge on any atom is -0.523 e. The molecule has 0 aliphatic heterocycles. The normalized spacial score (nSPS) is 13.2. The van der Waals surface area contributed by atoms with Crippen LogP contribution >= 0.6 is 18.6 Å². The lowest BCUT2D eigenvalue weighted by Gasteiger charge is -2.35. The molecule has 0 fully saturated rings. The van der Waals surface area contributed by atoms with Crippen LogP contribution in [0.4, 0.5) is 0 Å². The number of hydrogen-bond donors (Lipinski definition) is 0. The van der Waals surface area contributed by atoms with Gasteiger partial charge in [-0.1, -0.05) is 72.1 Å². The van der Waals surface area contributed by atoms with Crippen LogP contribution in [0, 0.1) is 6.92 Å². The van der Waals surface area contributed by atoms with Gasteiger partial charge in [-0.3, -0.25) is 0 Å². The van der Waals surface area contributed by atoms with Gasteiger partial charge in [0.25, 0.3) is 13.5 Å². The molecule has 1 rings (SSSR count). The lowest BCUT2D eigenvalue weighted by Crippen LogP contribution is -2.43. The maximum Gasteiger partial charge on any atom is 0.260 e. The predicted molar refractivity (Wildman–Crippen MR) is 135 cm³/mol. The average molecular weight is 445 g/mol. The number of aryl methyl sites for hydroxylation is 1. The molecule has 28 heavy (non-hydrogen) atoms. The van der Waals surface area contributed by atoms with Crippen LogP contribution in [0.3, 0.4) is 0 Å². The Bertz CT molecular complexity index is 558. The van der Waals surface area contributed by atoms with Crippen molar-refractivity contribution in [3.63, 3.8) is 0 Å². The van der Waals surface area contributed by atoms with E-state index in [0.29, 0.717) is 0 Å². The summed E-state index contributed by atoms with van der Waals surface area (Å²) in [5, 5.41) is 1.14. The van der Waals surface area contributed by atoms with Crippen LogP contribution in [0.1, 0.15) is 90.6 Å². The van der Waals surface area contributed by atoms with Gasteiger partial charge >= 0.3 is 0 Å². The van der Waals surface area contributed by atoms with E-state index in [4.69, 9.17) is 9.41 Å². The zero-order valence-electron chi connectivity index (χ0n) is 20.3. The van der Waals surface area contributed by atoms with Crippen molar-refractivity contribution >= 4 is 26.9 Å². The van der Waals surface area contributed by atoms with Gasteiger partial charge in [-0.2, -0.15) is 0 Å². The molecule has 164 valence electrons. The molecule has 0 spiro atoms. The Hall–Kier alpha value is 0.0769. The van der Waals surface area contributed by atoms with Gasteiger partial charge in [0.1, 0.15) is 6.16 Å². The number of nitrogens with zero attached hydrogens (tertiary/aromatic N) is 1. The summed E-state index contributed by atoms with van der Waals surface area (Å²) in [5.41, 5.74) is 1.36. The summed E-state index contributed by atoms with van der Waals surface area (Å²) in [6.07, 6.45) is 13.7. The topological polar surface area (TPSA) is 22.1 Å². The monoisotopic (exact) mass is 444 g/mol. The van der Waals surface area contributed by atoms with Gasteiger partial charge in [-0.15, -0.1) is 0 Å². The van der Waals surface area contributed by atoms with E-state index in [9.17, 15) is 0 Å². The molecule has 2 nitrogen and oxygen atoms in total. The molecule has 0 aliphatic carbocycles. The standard InChI is InChI=1S/C23H47NOPSSi/c1-10-13-16-26(17-14-11-2,18-15-12-3)19-21-20(4)27-22(24-21)25-28(8,9)23(5,6)7/h10-19H2,1-9H3/q+1. The maximum absolute atomic E-state index is 6.54. The van der Waals surface area contributed by atoms with E-state index in [-0.39, 0.29) is 5.04 Å². The van der Waals surface area contributed by atoms with Gasteiger partial charge in [0.15, 0.2) is 0 Å². The first-order valence-corrected chi connectivity index (χ1v) is 17.8. The van der Waals surface area contributed by atoms with Gasteiger partial charge in [0.05, 0.1) is 24.2 Å². The van der Waals surface area contributed by atoms with E-state index in [1.807, 2.05) is 0 Å². The van der Waals surface area contributed by atoms with E-state index in [1.165, 1.54) is 73.7 Å². The molecule has 0 saturated heterocycles. The highest BCUT2D eigenvalue weighted by Gasteiger charge is 2.41. The smallest absolute Gasteiger partial charge is 0.260 e. The van der Waals surface area contributed by atoms with Crippen molar-refractivity contribution in [3.8, 4) is 5.19 Å². The lowest BCUT2D eigenvalue weighted by atomic mass is 10.2. The van der Waals surface area contributed by atoms with Crippen molar-refractivity contribution in [1.29, 1.82) is 0 Å². The zero-order chi connectivity index (χ0) is 21.4. The van der Waals surface area contributed by atoms with Crippen molar-refractivity contribution in [2.45, 2.75) is 111 Å². The first-order valence-electron chi connectivity index (χ1n) is 11.5. The number of thiazole rings is 1. The fraction of sp³-hybridized carbons (Fsp3) is 0.870. The van der Waals surface area contributed by atoms with Crippen molar-refractivity contribution in [2.75, 3.05) is 18.5 Å². The second-order valence-corrected chi connectivity index (χ2v) is 20.3. The highest BCUT2D eigenvalue weighted by atomic mass is 32.1. The van der Waals surface area contributed by atoms with Gasteiger partial charge in [-0.05, 0) is 44.3 Å². The molecule has 0 amide bonds. The maximum atomic E-state index is 6.54. The minimum absolute atomic E-state index is 0.215. The molecular formula is C23H47NOPSSi+. The molecule has 1 heterocycles. The third-order valence-electron chi connectivity index (χ3n) is 6.46. The highest BCUT2D eigenvalue weighted by molar-refractivity contribution is 7.75. The third kappa shape index (κ3) is 7.72. The van der Waals surface area contributed by atoms with Crippen LogP contribution in [-0.4, -0.2) is 31.8 Å². The van der Waals surface area contributed by atoms with Gasteiger partial charge in [-0.25, -0.2) is 4.98 Å². The van der Waals surface area contributed by atoms with Crippen molar-refractivity contribution < 1.29 is 4.43 Å². The Morgan fingerprint density at radius 1 is 0.929 bits per heavy atom. The summed E-state index contributed by atoms with van der Waals surface area (Å²) in [5.74, 6) is 0. The summed E-state index contributed by atoms with van der Waals surface area (Å²) < 4.78 is 6.54. The molecule has 5 heteroatoms. The van der Waals surface area contributed by atoms with Crippen LogP contribution in [0.25, 0.3) is 0 Å². The van der Waals surface area contributed by atoms with Gasteiger partial charge < -0.3 is 4.43 Å². The first kappa shape index (κ1) is 26.1. The molecule has 0 aromatic carbocycles. The fourth-order valence-corrected chi connectivity index (χ4v) is 10.7. The lowest BCUT2D eigenvalue weighted by molar-refractivity contribution is 0.488. The number of unbranched alkanes of at least 4 members (excludes halogenated alkanes) is 3. The molecule has 0 aliphatic rings. The second kappa shape index (κ2) is 11.5. The third-order valence-corrected chi connectivity index (χ3v) is 16.6. The van der Waals surface area contributed by atoms with Crippen LogP contribution in [0.5, 0.6) is 5.19 Å². The van der Waals surface area contributed by atoms with E-state index < -0.39 is 15.6 Å². The summed E-state index contributed by atoms with van der Waals surface area (Å²) >= 11 is 1.79. The Morgan fingerprint density at radius 2 is 1.39 bits per heavy atom. The van der Waals surface area contributed by atoms with Crippen molar-refractivity contribution in [3.05, 3.63) is 10.6 Å². The summed E-state index contributed by atoms with van der Waals surface area (Å²) in [7, 11) is -2.78. The Balaban J connectivity index is 3.08. The molecule has 0 atom stereocenters. The van der Waals surface area contributed by atoms with Crippen LogP contribution < -0.4 is 4.43 Å². The van der Waals surface area contributed by atoms with Crippen LogP contribution in [0.15, 0.2) is 0 Å². The van der Waals surface area contributed by atoms with Crippen LogP contribution in [0.2, 0.25) is 18.1 Å². The molecule has 0 unspecified atom stereocenters. The Morgan fingerprint density at radius 3 is 1.79 bits per heavy atom. The van der Waals surface area contributed by atoms with E-state index in [2.05, 4.69) is 61.6 Å². The molecular weight excluding hydrogens is 397 g/mol. The Kier molecular flexibility index (Phi) is 10.7. The average Bonchev–Trinajstić information content (AvgIpc) is 2.93. The minimum atomic E-state index is -1.82. The first-order chi connectivity index (χ1) is 13.0. The van der Waals surface area contributed by atoms with Gasteiger partial charge in [0, 0.05) is 12.1 Å². The molecule has 1 aromatic heterocycles. The zero-order valence-corrected chi connectivity index (χ0v) is 23.0. The largest absolute Gasteiger partial charge is 0.523 e. The van der Waals surface area contributed by atoms with Gasteiger partial charge in [0.2, 0.25) is 0 Å². The summed E-state index contributed by atoms with van der Waals surface area (Å²) in [6, 6.07) is 0. The second-order valence-electron chi connectivity index (χ2n) is 10.1. The summed E-state index contributed by atoms with van der Waals surface area (Å²) in [6.45, 7) is 20.8. The van der Waals surface area contributed by atoms with Crippen molar-refractivity contribution in [1.82, 2.24) is 4.98 Å². The Labute approximate surface area is 181 Å². The summed E-state index contributed by atoms with van der Waals surface area (Å²) in [4.78, 5) is 6.47. The fourth-order valence-electron chi connectivity index (χ4n) is 3.33. The molecule has 0 radical (unpaired) electrons. The quantitative estimate of drug-likeness (QED) is 0.224. The number of aromatic nitrogens is 1.